The zero-order chi connectivity index (χ0) is 13.2. The average Bonchev–Trinajstić information content (AvgIpc) is 2.15. The van der Waals surface area contributed by atoms with Gasteiger partial charge in [-0.2, -0.15) is 13.2 Å². The number of alkyl halides is 3. The van der Waals surface area contributed by atoms with Crippen LogP contribution in [0.3, 0.4) is 0 Å². The topological polar surface area (TPSA) is 63.3 Å². The predicted molar refractivity (Wildman–Crippen MR) is 55.8 cm³/mol. The summed E-state index contributed by atoms with van der Waals surface area (Å²) in [6.45, 7) is 0. The summed E-state index contributed by atoms with van der Waals surface area (Å²) in [4.78, 5) is 10.5. The predicted octanol–water partition coefficient (Wildman–Crippen LogP) is 2.31. The molecule has 0 fully saturated rings. The highest BCUT2D eigenvalue weighted by molar-refractivity contribution is 6.31. The Hall–Kier alpha value is -1.27. The summed E-state index contributed by atoms with van der Waals surface area (Å²) in [5, 5.41) is 8.09. The highest BCUT2D eigenvalue weighted by atomic mass is 35.5. The summed E-state index contributed by atoms with van der Waals surface area (Å²) in [6, 6.07) is 1.89. The van der Waals surface area contributed by atoms with Crippen LogP contribution < -0.4 is 5.73 Å². The van der Waals surface area contributed by atoms with Crippen LogP contribution in [0.4, 0.5) is 13.2 Å². The van der Waals surface area contributed by atoms with E-state index in [2.05, 4.69) is 0 Å². The Morgan fingerprint density at radius 2 is 2.06 bits per heavy atom. The number of nitrogens with two attached hydrogens (primary N) is 1. The van der Waals surface area contributed by atoms with Gasteiger partial charge in [0.05, 0.1) is 10.6 Å². The molecule has 0 aromatic heterocycles. The van der Waals surface area contributed by atoms with Crippen molar-refractivity contribution in [1.29, 1.82) is 0 Å². The van der Waals surface area contributed by atoms with Crippen LogP contribution in [0.5, 0.6) is 0 Å². The number of carboxylic acids is 1. The molecule has 7 heteroatoms. The first-order chi connectivity index (χ1) is 7.71. The first-order valence-corrected chi connectivity index (χ1v) is 4.93. The van der Waals surface area contributed by atoms with Gasteiger partial charge in [0, 0.05) is 0 Å². The van der Waals surface area contributed by atoms with E-state index in [0.29, 0.717) is 5.56 Å². The summed E-state index contributed by atoms with van der Waals surface area (Å²) >= 11 is 5.47. The van der Waals surface area contributed by atoms with E-state index in [1.165, 1.54) is 0 Å². The van der Waals surface area contributed by atoms with Crippen molar-refractivity contribution in [3.63, 3.8) is 0 Å². The van der Waals surface area contributed by atoms with Crippen LogP contribution in [-0.4, -0.2) is 17.1 Å². The van der Waals surface area contributed by atoms with Gasteiger partial charge >= 0.3 is 12.1 Å². The van der Waals surface area contributed by atoms with Crippen LogP contribution in [0.15, 0.2) is 18.2 Å². The molecule has 1 unspecified atom stereocenters. The fourth-order valence-corrected chi connectivity index (χ4v) is 1.57. The number of carbonyl (C=O) groups is 1. The minimum atomic E-state index is -4.52. The summed E-state index contributed by atoms with van der Waals surface area (Å²) < 4.78 is 37.1. The molecular formula is C10H9ClF3NO2. The number of halogens is 4. The normalized spacial score (nSPS) is 13.5. The summed E-state index contributed by atoms with van der Waals surface area (Å²) in [7, 11) is 0. The molecule has 0 aliphatic carbocycles. The zero-order valence-corrected chi connectivity index (χ0v) is 9.22. The Labute approximate surface area is 100.0 Å². The van der Waals surface area contributed by atoms with Gasteiger partial charge in [-0.15, -0.1) is 0 Å². The molecule has 1 aromatic carbocycles. The first-order valence-electron chi connectivity index (χ1n) is 4.56. The van der Waals surface area contributed by atoms with Crippen molar-refractivity contribution in [2.45, 2.75) is 18.6 Å². The Balaban J connectivity index is 2.94. The lowest BCUT2D eigenvalue weighted by Gasteiger charge is -2.11. The highest BCUT2D eigenvalue weighted by Crippen LogP contribution is 2.35. The maximum absolute atomic E-state index is 12.4. The van der Waals surface area contributed by atoms with Gasteiger partial charge in [0.25, 0.3) is 0 Å². The van der Waals surface area contributed by atoms with Gasteiger partial charge in [-0.3, -0.25) is 4.79 Å². The largest absolute Gasteiger partial charge is 0.480 e. The molecule has 0 heterocycles. The zero-order valence-electron chi connectivity index (χ0n) is 8.46. The quantitative estimate of drug-likeness (QED) is 0.883. The molecule has 0 amide bonds. The van der Waals surface area contributed by atoms with Crippen LogP contribution >= 0.6 is 11.6 Å². The number of hydrogen-bond acceptors (Lipinski definition) is 2. The van der Waals surface area contributed by atoms with Gasteiger partial charge in [0.1, 0.15) is 6.04 Å². The van der Waals surface area contributed by atoms with Crippen molar-refractivity contribution < 1.29 is 23.1 Å². The molecule has 1 aromatic rings. The van der Waals surface area contributed by atoms with Crippen molar-refractivity contribution in [2.24, 2.45) is 5.73 Å². The molecule has 0 bridgehead atoms. The molecule has 1 atom stereocenters. The van der Waals surface area contributed by atoms with Gasteiger partial charge in [0.2, 0.25) is 0 Å². The van der Waals surface area contributed by atoms with Crippen LogP contribution in [0.1, 0.15) is 11.1 Å². The fourth-order valence-electron chi connectivity index (χ4n) is 1.26. The highest BCUT2D eigenvalue weighted by Gasteiger charge is 2.33. The molecule has 1 rings (SSSR count). The summed E-state index contributed by atoms with van der Waals surface area (Å²) in [5.74, 6) is -1.22. The van der Waals surface area contributed by atoms with E-state index < -0.39 is 28.8 Å². The monoisotopic (exact) mass is 267 g/mol. The third-order valence-corrected chi connectivity index (χ3v) is 2.42. The van der Waals surface area contributed by atoms with Crippen molar-refractivity contribution in [2.75, 3.05) is 0 Å². The lowest BCUT2D eigenvalue weighted by atomic mass is 10.0. The Kier molecular flexibility index (Phi) is 4.00. The molecule has 3 N–H and O–H groups in total. The minimum absolute atomic E-state index is 0.0762. The maximum atomic E-state index is 12.4. The number of rotatable bonds is 3. The average molecular weight is 268 g/mol. The molecule has 17 heavy (non-hydrogen) atoms. The van der Waals surface area contributed by atoms with Crippen molar-refractivity contribution in [3.05, 3.63) is 34.3 Å². The summed E-state index contributed by atoms with van der Waals surface area (Å²) in [5.41, 5.74) is 4.65. The molecule has 0 saturated carbocycles. The molecule has 0 saturated heterocycles. The summed E-state index contributed by atoms with van der Waals surface area (Å²) in [6.07, 6.45) is -4.60. The third kappa shape index (κ3) is 3.61. The molecule has 0 aliphatic rings. The fraction of sp³-hybridized carbons (Fsp3) is 0.300. The number of carboxylic acid groups (broad SMARTS) is 1. The van der Waals surface area contributed by atoms with E-state index in [4.69, 9.17) is 22.4 Å². The number of aliphatic carboxylic acids is 1. The van der Waals surface area contributed by atoms with Crippen molar-refractivity contribution in [3.8, 4) is 0 Å². The van der Waals surface area contributed by atoms with Crippen molar-refractivity contribution >= 4 is 17.6 Å². The molecule has 0 radical (unpaired) electrons. The molecule has 0 spiro atoms. The lowest BCUT2D eigenvalue weighted by molar-refractivity contribution is -0.139. The van der Waals surface area contributed by atoms with Crippen LogP contribution in [0.25, 0.3) is 0 Å². The Morgan fingerprint density at radius 1 is 1.47 bits per heavy atom. The molecule has 94 valence electrons. The maximum Gasteiger partial charge on any atom is 0.417 e. The van der Waals surface area contributed by atoms with Gasteiger partial charge in [0.15, 0.2) is 0 Å². The van der Waals surface area contributed by atoms with Gasteiger partial charge in [-0.05, 0) is 24.1 Å². The second-order valence-electron chi connectivity index (χ2n) is 3.46. The van der Waals surface area contributed by atoms with Gasteiger partial charge in [-0.25, -0.2) is 0 Å². The molecular weight excluding hydrogens is 259 g/mol. The molecule has 3 nitrogen and oxygen atoms in total. The van der Waals surface area contributed by atoms with Crippen LogP contribution in [0, 0.1) is 0 Å². The standard InChI is InChI=1S/C10H9ClF3NO2/c11-7-3-5(4-8(15)9(16)17)1-2-6(7)10(12,13)14/h1-3,8H,4,15H2,(H,16,17). The van der Waals surface area contributed by atoms with Gasteiger partial charge < -0.3 is 10.8 Å². The van der Waals surface area contributed by atoms with E-state index in [0.717, 1.165) is 18.2 Å². The second kappa shape index (κ2) is 4.93. The van der Waals surface area contributed by atoms with E-state index >= 15 is 0 Å². The Morgan fingerprint density at radius 3 is 2.47 bits per heavy atom. The van der Waals surface area contributed by atoms with Crippen LogP contribution in [0.2, 0.25) is 5.02 Å². The van der Waals surface area contributed by atoms with Crippen LogP contribution in [-0.2, 0) is 17.4 Å². The van der Waals surface area contributed by atoms with E-state index in [9.17, 15) is 18.0 Å². The third-order valence-electron chi connectivity index (χ3n) is 2.11. The lowest BCUT2D eigenvalue weighted by Crippen LogP contribution is -2.32. The van der Waals surface area contributed by atoms with E-state index in [1.54, 1.807) is 0 Å². The SMILES string of the molecule is NC(Cc1ccc(C(F)(F)F)c(Cl)c1)C(=O)O. The number of benzene rings is 1. The Bertz CT molecular complexity index is 434. The van der Waals surface area contributed by atoms with Gasteiger partial charge in [-0.1, -0.05) is 17.7 Å². The number of hydrogen-bond donors (Lipinski definition) is 2. The van der Waals surface area contributed by atoms with E-state index in [-0.39, 0.29) is 6.42 Å². The van der Waals surface area contributed by atoms with Crippen molar-refractivity contribution in [1.82, 2.24) is 0 Å². The molecule has 0 aliphatic heterocycles. The first kappa shape index (κ1) is 13.8. The van der Waals surface area contributed by atoms with E-state index in [1.807, 2.05) is 0 Å². The smallest absolute Gasteiger partial charge is 0.417 e. The second-order valence-corrected chi connectivity index (χ2v) is 3.87. The minimum Gasteiger partial charge on any atom is -0.480 e.